The van der Waals surface area contributed by atoms with E-state index in [0.717, 1.165) is 5.52 Å². The van der Waals surface area contributed by atoms with Gasteiger partial charge in [-0.2, -0.15) is 24.3 Å². The molecule has 2 rings (SSSR count). The van der Waals surface area contributed by atoms with Crippen LogP contribution in [0.5, 0.6) is 0 Å². The third-order valence-corrected chi connectivity index (χ3v) is 1.67. The normalized spacial score (nSPS) is 9.42. The van der Waals surface area contributed by atoms with Gasteiger partial charge in [-0.1, -0.05) is 6.07 Å². The monoisotopic (exact) mass is 231 g/mol. The molecule has 0 bridgehead atoms. The first-order chi connectivity index (χ1) is 5.36. The maximum atomic E-state index is 4.25. The molecule has 0 atom stereocenters. The first kappa shape index (κ1) is 9.82. The molecule has 0 aliphatic rings. The van der Waals surface area contributed by atoms with Crippen LogP contribution in [0, 0.1) is 13.0 Å². The van der Waals surface area contributed by atoms with E-state index in [2.05, 4.69) is 17.1 Å². The Morgan fingerprint density at radius 1 is 1.42 bits per heavy atom. The number of hydrogen-bond acceptors (Lipinski definition) is 1. The van der Waals surface area contributed by atoms with Gasteiger partial charge in [-0.15, -0.1) is 5.39 Å². The molecule has 0 N–H and O–H groups in total. The summed E-state index contributed by atoms with van der Waals surface area (Å²) in [6.07, 6.45) is 1.87. The summed E-state index contributed by atoms with van der Waals surface area (Å²) in [5.74, 6) is 0. The number of nitrogens with zero attached hydrogens (tertiary/aromatic N) is 1. The minimum absolute atomic E-state index is 0. The predicted octanol–water partition coefficient (Wildman–Crippen LogP) is 2.34. The first-order valence-corrected chi connectivity index (χ1v) is 3.59. The number of aryl methyl sites for hydroxylation is 1. The van der Waals surface area contributed by atoms with Gasteiger partial charge in [0.2, 0.25) is 0 Å². The van der Waals surface area contributed by atoms with E-state index in [0.29, 0.717) is 0 Å². The second kappa shape index (κ2) is 4.11. The Morgan fingerprint density at radius 3 is 3.08 bits per heavy atom. The van der Waals surface area contributed by atoms with Crippen LogP contribution in [0.1, 0.15) is 5.56 Å². The molecule has 0 aliphatic heterocycles. The van der Waals surface area contributed by atoms with Gasteiger partial charge >= 0.3 is 0 Å². The SMILES string of the molecule is Cc1cnc2c[c-]ccc2c1.[Y]. The molecule has 0 spiro atoms. The fourth-order valence-electron chi connectivity index (χ4n) is 1.12. The van der Waals surface area contributed by atoms with Crippen molar-refractivity contribution in [3.63, 3.8) is 0 Å². The number of benzene rings is 1. The molecule has 1 aromatic carbocycles. The van der Waals surface area contributed by atoms with Crippen LogP contribution < -0.4 is 0 Å². The summed E-state index contributed by atoms with van der Waals surface area (Å²) in [5.41, 5.74) is 2.21. The standard InChI is InChI=1S/C10H8N.Y/c1-8-6-9-4-2-3-5-10(9)11-7-8;/h2,4-7H,1H3;/q-1;. The van der Waals surface area contributed by atoms with E-state index in [4.69, 9.17) is 0 Å². The predicted molar refractivity (Wildman–Crippen MR) is 45.3 cm³/mol. The van der Waals surface area contributed by atoms with Crippen molar-refractivity contribution in [2.45, 2.75) is 6.92 Å². The Hall–Kier alpha value is -0.266. The van der Waals surface area contributed by atoms with E-state index in [-0.39, 0.29) is 32.7 Å². The van der Waals surface area contributed by atoms with Crippen molar-refractivity contribution in [3.8, 4) is 0 Å². The average Bonchev–Trinajstić information content (AvgIpc) is 2.04. The topological polar surface area (TPSA) is 12.9 Å². The first-order valence-electron chi connectivity index (χ1n) is 3.59. The van der Waals surface area contributed by atoms with Crippen molar-refractivity contribution < 1.29 is 32.7 Å². The fraction of sp³-hybridized carbons (Fsp3) is 0.100. The van der Waals surface area contributed by atoms with E-state index in [9.17, 15) is 0 Å². The summed E-state index contributed by atoms with van der Waals surface area (Å²) in [7, 11) is 0. The van der Waals surface area contributed by atoms with Crippen molar-refractivity contribution >= 4 is 10.9 Å². The number of fused-ring (bicyclic) bond motifs is 1. The summed E-state index contributed by atoms with van der Waals surface area (Å²) >= 11 is 0. The van der Waals surface area contributed by atoms with Crippen LogP contribution in [-0.4, -0.2) is 4.98 Å². The van der Waals surface area contributed by atoms with Gasteiger partial charge in [0.25, 0.3) is 0 Å². The van der Waals surface area contributed by atoms with Gasteiger partial charge in [0.1, 0.15) is 0 Å². The van der Waals surface area contributed by atoms with Crippen LogP contribution in [0.4, 0.5) is 0 Å². The summed E-state index contributed by atoms with van der Waals surface area (Å²) in [6, 6.07) is 10.9. The van der Waals surface area contributed by atoms with Gasteiger partial charge in [0, 0.05) is 38.9 Å². The van der Waals surface area contributed by atoms with Crippen LogP contribution in [0.3, 0.4) is 0 Å². The number of hydrogen-bond donors (Lipinski definition) is 0. The summed E-state index contributed by atoms with van der Waals surface area (Å²) in [5, 5.41) is 1.18. The molecule has 2 heteroatoms. The van der Waals surface area contributed by atoms with Gasteiger partial charge in [-0.05, 0) is 18.0 Å². The molecule has 1 aromatic heterocycles. The van der Waals surface area contributed by atoms with Gasteiger partial charge in [-0.3, -0.25) is 0 Å². The van der Waals surface area contributed by atoms with Crippen LogP contribution in [-0.2, 0) is 32.7 Å². The third-order valence-electron chi connectivity index (χ3n) is 1.67. The molecule has 1 heterocycles. The average molecular weight is 231 g/mol. The van der Waals surface area contributed by atoms with E-state index >= 15 is 0 Å². The molecule has 0 aliphatic carbocycles. The second-order valence-electron chi connectivity index (χ2n) is 2.63. The van der Waals surface area contributed by atoms with Gasteiger partial charge in [0.15, 0.2) is 0 Å². The Balaban J connectivity index is 0.000000720. The van der Waals surface area contributed by atoms with E-state index in [1.807, 2.05) is 31.3 Å². The van der Waals surface area contributed by atoms with Crippen molar-refractivity contribution in [3.05, 3.63) is 42.1 Å². The van der Waals surface area contributed by atoms with Gasteiger partial charge < -0.3 is 4.98 Å². The molecule has 57 valence electrons. The van der Waals surface area contributed by atoms with Crippen LogP contribution in [0.2, 0.25) is 0 Å². The molecule has 0 unspecified atom stereocenters. The van der Waals surface area contributed by atoms with Crippen molar-refractivity contribution in [1.82, 2.24) is 4.98 Å². The Morgan fingerprint density at radius 2 is 2.25 bits per heavy atom. The summed E-state index contributed by atoms with van der Waals surface area (Å²) in [4.78, 5) is 4.25. The van der Waals surface area contributed by atoms with Crippen molar-refractivity contribution in [2.24, 2.45) is 0 Å². The van der Waals surface area contributed by atoms with Crippen molar-refractivity contribution in [1.29, 1.82) is 0 Å². The molecule has 0 fully saturated rings. The molecular weight excluding hydrogens is 223 g/mol. The van der Waals surface area contributed by atoms with Gasteiger partial charge in [0.05, 0.1) is 0 Å². The van der Waals surface area contributed by atoms with E-state index in [1.165, 1.54) is 10.9 Å². The maximum Gasteiger partial charge on any atom is 0.0153 e. The number of pyridine rings is 1. The summed E-state index contributed by atoms with van der Waals surface area (Å²) in [6.45, 7) is 2.04. The zero-order chi connectivity index (χ0) is 7.68. The Bertz CT molecular complexity index is 384. The molecule has 12 heavy (non-hydrogen) atoms. The van der Waals surface area contributed by atoms with E-state index < -0.39 is 0 Å². The van der Waals surface area contributed by atoms with Crippen LogP contribution in [0.25, 0.3) is 10.9 Å². The fourth-order valence-corrected chi connectivity index (χ4v) is 1.12. The van der Waals surface area contributed by atoms with Crippen molar-refractivity contribution in [2.75, 3.05) is 0 Å². The minimum atomic E-state index is 0. The second-order valence-corrected chi connectivity index (χ2v) is 2.63. The largest absolute Gasteiger partial charge is 0.320 e. The third kappa shape index (κ3) is 1.91. The molecule has 0 saturated carbocycles. The number of rotatable bonds is 0. The zero-order valence-corrected chi connectivity index (χ0v) is 9.75. The number of aromatic nitrogens is 1. The smallest absolute Gasteiger partial charge is 0.0153 e. The molecule has 0 saturated heterocycles. The maximum absolute atomic E-state index is 4.25. The van der Waals surface area contributed by atoms with Crippen LogP contribution in [0.15, 0.2) is 30.5 Å². The summed E-state index contributed by atoms with van der Waals surface area (Å²) < 4.78 is 0. The Kier molecular flexibility index (Phi) is 3.36. The molecule has 0 amide bonds. The molecule has 1 nitrogen and oxygen atoms in total. The quantitative estimate of drug-likeness (QED) is 0.634. The molecule has 1 radical (unpaired) electrons. The Labute approximate surface area is 97.1 Å². The molecular formula is C10H8NY-. The minimum Gasteiger partial charge on any atom is -0.320 e. The van der Waals surface area contributed by atoms with Gasteiger partial charge in [-0.25, -0.2) is 0 Å². The zero-order valence-electron chi connectivity index (χ0n) is 6.91. The van der Waals surface area contributed by atoms with Crippen LogP contribution >= 0.6 is 0 Å². The molecule has 2 aromatic rings. The van der Waals surface area contributed by atoms with E-state index in [1.54, 1.807) is 0 Å².